The number of thiophene rings is 1. The van der Waals surface area contributed by atoms with E-state index >= 15 is 0 Å². The summed E-state index contributed by atoms with van der Waals surface area (Å²) in [5.41, 5.74) is 0.434. The van der Waals surface area contributed by atoms with Crippen LogP contribution in [0.5, 0.6) is 5.75 Å². The highest BCUT2D eigenvalue weighted by molar-refractivity contribution is 14.1. The summed E-state index contributed by atoms with van der Waals surface area (Å²) in [6.07, 6.45) is 0. The van der Waals surface area contributed by atoms with Gasteiger partial charge in [-0.15, -0.1) is 11.3 Å². The van der Waals surface area contributed by atoms with Crippen LogP contribution in [0.15, 0.2) is 35.7 Å². The van der Waals surface area contributed by atoms with Crippen LogP contribution in [0.1, 0.15) is 9.67 Å². The van der Waals surface area contributed by atoms with Crippen LogP contribution < -0.4 is 10.1 Å². The number of hydrogen-bond donors (Lipinski definition) is 1. The molecule has 0 aliphatic rings. The van der Waals surface area contributed by atoms with E-state index in [1.165, 1.54) is 18.4 Å². The smallest absolute Gasteiger partial charge is 0.350 e. The first-order valence-electron chi connectivity index (χ1n) is 5.95. The number of amides is 1. The molecule has 1 amide bonds. The summed E-state index contributed by atoms with van der Waals surface area (Å²) in [7, 11) is 1.30. The van der Waals surface area contributed by atoms with E-state index in [0.29, 0.717) is 16.3 Å². The van der Waals surface area contributed by atoms with Gasteiger partial charge in [0.15, 0.2) is 6.61 Å². The molecule has 0 fully saturated rings. The second kappa shape index (κ2) is 7.41. The first-order chi connectivity index (χ1) is 10.1. The SMILES string of the molecule is COC(=O)c1sccc1NC(=O)COc1ccccc1I. The molecule has 1 heterocycles. The second-order valence-electron chi connectivity index (χ2n) is 3.92. The van der Waals surface area contributed by atoms with E-state index in [-0.39, 0.29) is 12.5 Å². The zero-order chi connectivity index (χ0) is 15.2. The number of para-hydroxylation sites is 1. The number of esters is 1. The van der Waals surface area contributed by atoms with E-state index in [1.54, 1.807) is 17.5 Å². The third-order valence-electron chi connectivity index (χ3n) is 2.51. The van der Waals surface area contributed by atoms with Crippen molar-refractivity contribution in [3.8, 4) is 5.75 Å². The highest BCUT2D eigenvalue weighted by Crippen LogP contribution is 2.23. The van der Waals surface area contributed by atoms with Gasteiger partial charge in [-0.3, -0.25) is 4.79 Å². The molecule has 0 atom stereocenters. The molecule has 2 aromatic rings. The quantitative estimate of drug-likeness (QED) is 0.600. The molecular weight excluding hydrogens is 405 g/mol. The summed E-state index contributed by atoms with van der Waals surface area (Å²) in [6, 6.07) is 9.06. The molecule has 5 nitrogen and oxygen atoms in total. The van der Waals surface area contributed by atoms with Crippen molar-refractivity contribution in [1.82, 2.24) is 0 Å². The van der Waals surface area contributed by atoms with Gasteiger partial charge in [-0.1, -0.05) is 12.1 Å². The molecule has 2 rings (SSSR count). The Kier molecular flexibility index (Phi) is 5.57. The minimum absolute atomic E-state index is 0.128. The van der Waals surface area contributed by atoms with Crippen LogP contribution in [0.25, 0.3) is 0 Å². The van der Waals surface area contributed by atoms with Crippen molar-refractivity contribution < 1.29 is 19.1 Å². The third kappa shape index (κ3) is 4.18. The molecule has 110 valence electrons. The van der Waals surface area contributed by atoms with Gasteiger partial charge >= 0.3 is 5.97 Å². The Hall–Kier alpha value is -1.61. The summed E-state index contributed by atoms with van der Waals surface area (Å²) in [6.45, 7) is -0.128. The van der Waals surface area contributed by atoms with E-state index in [2.05, 4.69) is 32.6 Å². The number of anilines is 1. The molecule has 21 heavy (non-hydrogen) atoms. The van der Waals surface area contributed by atoms with Crippen molar-refractivity contribution in [2.24, 2.45) is 0 Å². The highest BCUT2D eigenvalue weighted by atomic mass is 127. The predicted octanol–water partition coefficient (Wildman–Crippen LogP) is 3.16. The van der Waals surface area contributed by atoms with Crippen molar-refractivity contribution in [2.75, 3.05) is 19.0 Å². The molecule has 0 bridgehead atoms. The van der Waals surface area contributed by atoms with Gasteiger partial charge in [0, 0.05) is 0 Å². The molecule has 7 heteroatoms. The maximum Gasteiger partial charge on any atom is 0.350 e. The molecule has 1 aromatic heterocycles. The van der Waals surface area contributed by atoms with Crippen molar-refractivity contribution in [3.63, 3.8) is 0 Å². The molecule has 0 radical (unpaired) electrons. The van der Waals surface area contributed by atoms with Crippen LogP contribution in [0, 0.1) is 3.57 Å². The lowest BCUT2D eigenvalue weighted by atomic mass is 10.3. The van der Waals surface area contributed by atoms with E-state index in [1.807, 2.05) is 18.2 Å². The molecule has 1 N–H and O–H groups in total. The third-order valence-corrected chi connectivity index (χ3v) is 4.29. The Labute approximate surface area is 139 Å². The normalized spacial score (nSPS) is 10.0. The number of halogens is 1. The van der Waals surface area contributed by atoms with Crippen molar-refractivity contribution in [2.45, 2.75) is 0 Å². The van der Waals surface area contributed by atoms with Gasteiger partial charge in [0.2, 0.25) is 0 Å². The Morgan fingerprint density at radius 1 is 1.29 bits per heavy atom. The zero-order valence-corrected chi connectivity index (χ0v) is 14.1. The van der Waals surface area contributed by atoms with E-state index in [4.69, 9.17) is 4.74 Å². The molecule has 0 spiro atoms. The largest absolute Gasteiger partial charge is 0.483 e. The Morgan fingerprint density at radius 2 is 2.05 bits per heavy atom. The topological polar surface area (TPSA) is 64.6 Å². The molecule has 0 saturated heterocycles. The summed E-state index contributed by atoms with van der Waals surface area (Å²) < 4.78 is 11.0. The minimum atomic E-state index is -0.473. The van der Waals surface area contributed by atoms with E-state index in [0.717, 1.165) is 3.57 Å². The van der Waals surface area contributed by atoms with Crippen LogP contribution in [-0.4, -0.2) is 25.6 Å². The number of hydrogen-bond acceptors (Lipinski definition) is 5. The van der Waals surface area contributed by atoms with Gasteiger partial charge in [0.25, 0.3) is 5.91 Å². The number of carbonyl (C=O) groups excluding carboxylic acids is 2. The molecule has 0 aliphatic heterocycles. The fourth-order valence-electron chi connectivity index (χ4n) is 1.55. The number of nitrogens with one attached hydrogen (secondary N) is 1. The molecule has 1 aromatic carbocycles. The fraction of sp³-hybridized carbons (Fsp3) is 0.143. The van der Waals surface area contributed by atoms with Crippen molar-refractivity contribution in [1.29, 1.82) is 0 Å². The maximum atomic E-state index is 11.9. The standard InChI is InChI=1S/C14H12INO4S/c1-19-14(18)13-10(6-7-21-13)16-12(17)8-20-11-5-3-2-4-9(11)15/h2-7H,8H2,1H3,(H,16,17). The van der Waals surface area contributed by atoms with Gasteiger partial charge in [-0.2, -0.15) is 0 Å². The molecule has 0 saturated carbocycles. The van der Waals surface area contributed by atoms with Crippen LogP contribution in [0.3, 0.4) is 0 Å². The summed E-state index contributed by atoms with van der Waals surface area (Å²) in [5, 5.41) is 4.35. The van der Waals surface area contributed by atoms with Gasteiger partial charge < -0.3 is 14.8 Å². The van der Waals surface area contributed by atoms with Crippen molar-refractivity contribution >= 4 is 51.5 Å². The molecule has 0 aliphatic carbocycles. The van der Waals surface area contributed by atoms with Crippen LogP contribution in [0.2, 0.25) is 0 Å². The fourth-order valence-corrected chi connectivity index (χ4v) is 2.86. The summed E-state index contributed by atoms with van der Waals surface area (Å²) in [4.78, 5) is 23.7. The van der Waals surface area contributed by atoms with Crippen LogP contribution >= 0.6 is 33.9 Å². The van der Waals surface area contributed by atoms with Gasteiger partial charge in [-0.25, -0.2) is 4.79 Å². The minimum Gasteiger partial charge on any atom is -0.483 e. The maximum absolute atomic E-state index is 11.9. The van der Waals surface area contributed by atoms with Crippen molar-refractivity contribution in [3.05, 3.63) is 44.2 Å². The number of rotatable bonds is 5. The van der Waals surface area contributed by atoms with Gasteiger partial charge in [0.05, 0.1) is 16.4 Å². The number of carbonyl (C=O) groups is 2. The number of methoxy groups -OCH3 is 1. The lowest BCUT2D eigenvalue weighted by molar-refractivity contribution is -0.118. The molecular formula is C14H12INO4S. The summed E-state index contributed by atoms with van der Waals surface area (Å²) >= 11 is 3.34. The Bertz CT molecular complexity index is 656. The summed E-state index contributed by atoms with van der Waals surface area (Å²) in [5.74, 6) is -0.163. The average Bonchev–Trinajstić information content (AvgIpc) is 2.93. The highest BCUT2D eigenvalue weighted by Gasteiger charge is 2.15. The van der Waals surface area contributed by atoms with Gasteiger partial charge in [-0.05, 0) is 46.2 Å². The van der Waals surface area contributed by atoms with Crippen LogP contribution in [-0.2, 0) is 9.53 Å². The van der Waals surface area contributed by atoms with Gasteiger partial charge in [0.1, 0.15) is 10.6 Å². The number of benzene rings is 1. The zero-order valence-electron chi connectivity index (χ0n) is 11.1. The number of ether oxygens (including phenoxy) is 2. The Morgan fingerprint density at radius 3 is 2.76 bits per heavy atom. The first kappa shape index (κ1) is 15.8. The lowest BCUT2D eigenvalue weighted by Crippen LogP contribution is -2.21. The second-order valence-corrected chi connectivity index (χ2v) is 6.00. The predicted molar refractivity (Wildman–Crippen MR) is 88.9 cm³/mol. The Balaban J connectivity index is 1.95. The van der Waals surface area contributed by atoms with E-state index in [9.17, 15) is 9.59 Å². The molecule has 0 unspecified atom stereocenters. The van der Waals surface area contributed by atoms with Crippen LogP contribution in [0.4, 0.5) is 5.69 Å². The first-order valence-corrected chi connectivity index (χ1v) is 7.90. The van der Waals surface area contributed by atoms with E-state index < -0.39 is 5.97 Å². The average molecular weight is 417 g/mol. The monoisotopic (exact) mass is 417 g/mol. The lowest BCUT2D eigenvalue weighted by Gasteiger charge is -2.08.